The maximum atomic E-state index is 13.8. The van der Waals surface area contributed by atoms with Gasteiger partial charge in [0.15, 0.2) is 0 Å². The monoisotopic (exact) mass is 379 g/mol. The zero-order valence-corrected chi connectivity index (χ0v) is 15.8. The third-order valence-corrected chi connectivity index (χ3v) is 4.29. The molecular weight excluding hydrogens is 357 g/mol. The summed E-state index contributed by atoms with van der Waals surface area (Å²) in [7, 11) is 0. The van der Waals surface area contributed by atoms with E-state index in [9.17, 15) is 9.18 Å². The van der Waals surface area contributed by atoms with E-state index in [1.807, 2.05) is 24.3 Å². The number of hydrogen-bond acceptors (Lipinski definition) is 5. The number of para-hydroxylation sites is 1. The molecule has 144 valence electrons. The summed E-state index contributed by atoms with van der Waals surface area (Å²) in [6, 6.07) is 15.4. The van der Waals surface area contributed by atoms with Crippen molar-refractivity contribution < 1.29 is 9.18 Å². The number of anilines is 4. The Hall–Kier alpha value is -3.48. The molecule has 0 aliphatic rings. The van der Waals surface area contributed by atoms with Gasteiger partial charge in [-0.2, -0.15) is 0 Å². The van der Waals surface area contributed by atoms with Gasteiger partial charge >= 0.3 is 0 Å². The second kappa shape index (κ2) is 8.94. The number of halogens is 1. The number of carbonyl (C=O) groups is 1. The molecule has 0 atom stereocenters. The Morgan fingerprint density at radius 3 is 2.43 bits per heavy atom. The van der Waals surface area contributed by atoms with E-state index in [-0.39, 0.29) is 17.3 Å². The number of aromatic nitrogens is 2. The van der Waals surface area contributed by atoms with E-state index in [0.717, 1.165) is 18.8 Å². The number of nitrogens with one attached hydrogen (secondary N) is 2. The first-order valence-corrected chi connectivity index (χ1v) is 9.10. The van der Waals surface area contributed by atoms with Crippen LogP contribution in [0.4, 0.5) is 27.3 Å². The predicted molar refractivity (Wildman–Crippen MR) is 110 cm³/mol. The van der Waals surface area contributed by atoms with Crippen LogP contribution in [0.15, 0.2) is 60.9 Å². The van der Waals surface area contributed by atoms with Crippen molar-refractivity contribution in [2.24, 2.45) is 0 Å². The molecule has 3 aromatic rings. The fraction of sp³-hybridized carbons (Fsp3) is 0.190. The lowest BCUT2D eigenvalue weighted by Gasteiger charge is -2.21. The van der Waals surface area contributed by atoms with Crippen molar-refractivity contribution in [2.45, 2.75) is 13.8 Å². The minimum atomic E-state index is -0.402. The molecular formula is C21H22FN5O. The summed E-state index contributed by atoms with van der Waals surface area (Å²) in [6.45, 7) is 6.03. The van der Waals surface area contributed by atoms with Crippen LogP contribution in [0.25, 0.3) is 0 Å². The molecule has 28 heavy (non-hydrogen) atoms. The smallest absolute Gasteiger partial charge is 0.274 e. The summed E-state index contributed by atoms with van der Waals surface area (Å²) in [6.07, 6.45) is 1.27. The summed E-state index contributed by atoms with van der Waals surface area (Å²) >= 11 is 0. The van der Waals surface area contributed by atoms with Crippen LogP contribution in [0, 0.1) is 5.82 Å². The van der Waals surface area contributed by atoms with Crippen molar-refractivity contribution in [3.63, 3.8) is 0 Å². The molecule has 6 nitrogen and oxygen atoms in total. The average Bonchev–Trinajstić information content (AvgIpc) is 2.72. The van der Waals surface area contributed by atoms with Crippen LogP contribution >= 0.6 is 0 Å². The topological polar surface area (TPSA) is 70.2 Å². The number of amides is 1. The molecule has 0 radical (unpaired) electrons. The van der Waals surface area contributed by atoms with Crippen LogP contribution in [0.1, 0.15) is 24.3 Å². The van der Waals surface area contributed by atoms with E-state index in [0.29, 0.717) is 11.5 Å². The number of rotatable bonds is 7. The zero-order chi connectivity index (χ0) is 19.9. The van der Waals surface area contributed by atoms with E-state index in [2.05, 4.69) is 39.3 Å². The highest BCUT2D eigenvalue weighted by atomic mass is 19.1. The van der Waals surface area contributed by atoms with Crippen LogP contribution < -0.4 is 15.5 Å². The summed E-state index contributed by atoms with van der Waals surface area (Å²) in [4.78, 5) is 22.8. The molecule has 3 rings (SSSR count). The number of benzene rings is 2. The number of hydrogen-bond donors (Lipinski definition) is 2. The highest BCUT2D eigenvalue weighted by molar-refractivity contribution is 6.03. The zero-order valence-electron chi connectivity index (χ0n) is 15.8. The standard InChI is InChI=1S/C21H22FN5O/c1-3-27(4-2)16-11-9-15(10-12-16)25-21(28)19-13-20(24-14-23-19)26-18-8-6-5-7-17(18)22/h5-14H,3-4H2,1-2H3,(H,25,28)(H,23,24,26). The second-order valence-corrected chi connectivity index (χ2v) is 6.07. The Balaban J connectivity index is 1.70. The van der Waals surface area contributed by atoms with Crippen LogP contribution in [0.2, 0.25) is 0 Å². The Kier molecular flexibility index (Phi) is 6.16. The maximum Gasteiger partial charge on any atom is 0.274 e. The molecule has 2 aromatic carbocycles. The molecule has 2 N–H and O–H groups in total. The van der Waals surface area contributed by atoms with Crippen LogP contribution in [-0.2, 0) is 0 Å². The molecule has 1 aromatic heterocycles. The Bertz CT molecular complexity index is 942. The van der Waals surface area contributed by atoms with Crippen LogP contribution in [0.5, 0.6) is 0 Å². The third-order valence-electron chi connectivity index (χ3n) is 4.29. The highest BCUT2D eigenvalue weighted by Gasteiger charge is 2.11. The quantitative estimate of drug-likeness (QED) is 0.634. The van der Waals surface area contributed by atoms with Gasteiger partial charge in [0.25, 0.3) is 5.91 Å². The highest BCUT2D eigenvalue weighted by Crippen LogP contribution is 2.20. The van der Waals surface area contributed by atoms with Gasteiger partial charge in [-0.15, -0.1) is 0 Å². The van der Waals surface area contributed by atoms with Gasteiger partial charge in [0.1, 0.15) is 23.7 Å². The molecule has 0 aliphatic carbocycles. The van der Waals surface area contributed by atoms with Gasteiger partial charge in [0.05, 0.1) is 5.69 Å². The van der Waals surface area contributed by atoms with E-state index in [4.69, 9.17) is 0 Å². The summed E-state index contributed by atoms with van der Waals surface area (Å²) in [5, 5.41) is 5.67. The third kappa shape index (κ3) is 4.62. The van der Waals surface area contributed by atoms with Gasteiger partial charge in [0.2, 0.25) is 0 Å². The van der Waals surface area contributed by atoms with Crippen LogP contribution in [0.3, 0.4) is 0 Å². The van der Waals surface area contributed by atoms with Gasteiger partial charge in [-0.3, -0.25) is 4.79 Å². The molecule has 0 fully saturated rings. The second-order valence-electron chi connectivity index (χ2n) is 6.07. The fourth-order valence-corrected chi connectivity index (χ4v) is 2.79. The van der Waals surface area contributed by atoms with Crippen molar-refractivity contribution in [1.82, 2.24) is 9.97 Å². The lowest BCUT2D eigenvalue weighted by Crippen LogP contribution is -2.21. The van der Waals surface area contributed by atoms with Crippen LogP contribution in [-0.4, -0.2) is 29.0 Å². The van der Waals surface area contributed by atoms with E-state index < -0.39 is 5.82 Å². The molecule has 0 bridgehead atoms. The van der Waals surface area contributed by atoms with Crippen molar-refractivity contribution in [3.8, 4) is 0 Å². The molecule has 1 amide bonds. The fourth-order valence-electron chi connectivity index (χ4n) is 2.79. The number of carbonyl (C=O) groups excluding carboxylic acids is 1. The van der Waals surface area contributed by atoms with Gasteiger partial charge in [-0.1, -0.05) is 12.1 Å². The minimum Gasteiger partial charge on any atom is -0.372 e. The van der Waals surface area contributed by atoms with Gasteiger partial charge in [0, 0.05) is 30.5 Å². The molecule has 0 saturated carbocycles. The molecule has 0 unspecified atom stereocenters. The van der Waals surface area contributed by atoms with E-state index in [1.165, 1.54) is 18.5 Å². The summed E-state index contributed by atoms with van der Waals surface area (Å²) < 4.78 is 13.8. The SMILES string of the molecule is CCN(CC)c1ccc(NC(=O)c2cc(Nc3ccccc3F)ncn2)cc1. The van der Waals surface area contributed by atoms with E-state index in [1.54, 1.807) is 18.2 Å². The molecule has 0 spiro atoms. The largest absolute Gasteiger partial charge is 0.372 e. The van der Waals surface area contributed by atoms with Gasteiger partial charge in [-0.25, -0.2) is 14.4 Å². The Morgan fingerprint density at radius 2 is 1.75 bits per heavy atom. The molecule has 1 heterocycles. The Morgan fingerprint density at radius 1 is 1.04 bits per heavy atom. The van der Waals surface area contributed by atoms with E-state index >= 15 is 0 Å². The van der Waals surface area contributed by atoms with Gasteiger partial charge < -0.3 is 15.5 Å². The maximum absolute atomic E-state index is 13.8. The van der Waals surface area contributed by atoms with Gasteiger partial charge in [-0.05, 0) is 50.2 Å². The normalized spacial score (nSPS) is 10.4. The summed E-state index contributed by atoms with van der Waals surface area (Å²) in [5.74, 6) is -0.433. The lowest BCUT2D eigenvalue weighted by molar-refractivity contribution is 0.102. The number of nitrogens with zero attached hydrogens (tertiary/aromatic N) is 3. The van der Waals surface area contributed by atoms with Crippen molar-refractivity contribution in [2.75, 3.05) is 28.6 Å². The minimum absolute atomic E-state index is 0.182. The molecule has 7 heteroatoms. The first kappa shape index (κ1) is 19.3. The Labute approximate surface area is 163 Å². The molecule has 0 saturated heterocycles. The molecule has 0 aliphatic heterocycles. The first-order valence-electron chi connectivity index (χ1n) is 9.10. The predicted octanol–water partition coefficient (Wildman–Crippen LogP) is 4.46. The summed E-state index contributed by atoms with van der Waals surface area (Å²) in [5.41, 5.74) is 2.23. The van der Waals surface area contributed by atoms with Crippen molar-refractivity contribution in [3.05, 3.63) is 72.4 Å². The average molecular weight is 379 g/mol. The van der Waals surface area contributed by atoms with Crippen molar-refractivity contribution in [1.29, 1.82) is 0 Å². The lowest BCUT2D eigenvalue weighted by atomic mass is 10.2. The first-order chi connectivity index (χ1) is 13.6. The van der Waals surface area contributed by atoms with Crippen molar-refractivity contribution >= 4 is 28.8 Å².